The van der Waals surface area contributed by atoms with Crippen LogP contribution in [0, 0.1) is 47.3 Å². The second-order valence-electron chi connectivity index (χ2n) is 19.8. The molecule has 1 aliphatic heterocycles. The number of hydrogen-bond donors (Lipinski definition) is 0. The summed E-state index contributed by atoms with van der Waals surface area (Å²) in [5, 5.41) is 2.59. The van der Waals surface area contributed by atoms with Crippen LogP contribution in [-0.2, 0) is 10.3 Å². The van der Waals surface area contributed by atoms with Crippen molar-refractivity contribution in [3.63, 3.8) is 0 Å². The number of rotatable bonds is 5. The molecule has 2 spiro atoms. The van der Waals surface area contributed by atoms with E-state index in [0.717, 1.165) is 23.7 Å². The van der Waals surface area contributed by atoms with Crippen LogP contribution >= 0.6 is 0 Å². The van der Waals surface area contributed by atoms with Crippen molar-refractivity contribution in [2.75, 3.05) is 4.90 Å². The van der Waals surface area contributed by atoms with Gasteiger partial charge in [0.15, 0.2) is 0 Å². The topological polar surface area (TPSA) is 17.4 Å². The zero-order valence-corrected chi connectivity index (χ0v) is 34.1. The highest BCUT2D eigenvalue weighted by molar-refractivity contribution is 6.15. The number of benzene rings is 5. The monoisotopic (exact) mass is 770 g/mol. The summed E-state index contributed by atoms with van der Waals surface area (Å²) in [5.41, 5.74) is 11.0. The van der Waals surface area contributed by atoms with E-state index in [1.54, 1.807) is 0 Å². The van der Waals surface area contributed by atoms with Crippen LogP contribution in [0.25, 0.3) is 38.6 Å². The summed E-state index contributed by atoms with van der Waals surface area (Å²) in [5.74, 6) is 5.67. The molecule has 9 aliphatic rings. The predicted octanol–water partition coefficient (Wildman–Crippen LogP) is 14.1. The highest BCUT2D eigenvalue weighted by Gasteiger charge is 2.69. The van der Waals surface area contributed by atoms with Gasteiger partial charge in [0, 0.05) is 27.7 Å². The van der Waals surface area contributed by atoms with Crippen LogP contribution in [0.1, 0.15) is 69.8 Å². The van der Waals surface area contributed by atoms with E-state index < -0.39 is 0 Å². The lowest BCUT2D eigenvalue weighted by Gasteiger charge is -2.67. The molecule has 0 atom stereocenters. The molecule has 8 saturated carbocycles. The lowest BCUT2D eigenvalue weighted by Crippen LogP contribution is -2.66. The SMILES string of the molecule is C=C/C=C\C=C1\N(c2ccc(-c3cccc4c3c3ccccc3n4-c3ccccc3)cc2)c2ccccc2C2(OC13C1CC4CC(C1)CC3C4)C1CC3CC(C1)CC2C3. The number of hydrogen-bond acceptors (Lipinski definition) is 2. The average Bonchev–Trinajstić information content (AvgIpc) is 3.55. The molecule has 0 saturated heterocycles. The van der Waals surface area contributed by atoms with Crippen LogP contribution in [-0.4, -0.2) is 10.2 Å². The van der Waals surface area contributed by atoms with Crippen LogP contribution < -0.4 is 4.90 Å². The first kappa shape index (κ1) is 34.7. The van der Waals surface area contributed by atoms with Crippen molar-refractivity contribution >= 4 is 33.2 Å². The molecule has 6 aromatic rings. The van der Waals surface area contributed by atoms with Gasteiger partial charge >= 0.3 is 0 Å². The first-order valence-electron chi connectivity index (χ1n) is 22.9. The zero-order valence-electron chi connectivity index (χ0n) is 34.1. The van der Waals surface area contributed by atoms with Gasteiger partial charge in [-0.3, -0.25) is 0 Å². The van der Waals surface area contributed by atoms with Crippen LogP contribution in [0.15, 0.2) is 158 Å². The lowest BCUT2D eigenvalue weighted by atomic mass is 9.46. The van der Waals surface area contributed by atoms with E-state index in [-0.39, 0.29) is 11.2 Å². The zero-order chi connectivity index (χ0) is 38.9. The van der Waals surface area contributed by atoms with E-state index in [4.69, 9.17) is 4.74 Å². The van der Waals surface area contributed by atoms with Gasteiger partial charge in [0.2, 0.25) is 0 Å². The fourth-order valence-electron chi connectivity index (χ4n) is 15.3. The van der Waals surface area contributed by atoms with Crippen molar-refractivity contribution in [3.05, 3.63) is 163 Å². The Kier molecular flexibility index (Phi) is 7.61. The molecule has 8 aliphatic carbocycles. The van der Waals surface area contributed by atoms with Gasteiger partial charge in [0.05, 0.1) is 22.4 Å². The molecule has 3 nitrogen and oxygen atoms in total. The number of ether oxygens (including phenoxy) is 1. The highest BCUT2D eigenvalue weighted by atomic mass is 16.5. The Morgan fingerprint density at radius 2 is 1.12 bits per heavy atom. The van der Waals surface area contributed by atoms with E-state index in [2.05, 4.69) is 156 Å². The highest BCUT2D eigenvalue weighted by Crippen LogP contribution is 2.72. The Labute approximate surface area is 349 Å². The van der Waals surface area contributed by atoms with E-state index in [9.17, 15) is 0 Å². The molecular formula is C56H54N2O. The normalized spacial score (nSPS) is 34.5. The summed E-state index contributed by atoms with van der Waals surface area (Å²) >= 11 is 0. The van der Waals surface area contributed by atoms with Gasteiger partial charge in [-0.2, -0.15) is 0 Å². The Balaban J connectivity index is 1.02. The molecular weight excluding hydrogens is 717 g/mol. The fourth-order valence-corrected chi connectivity index (χ4v) is 15.3. The van der Waals surface area contributed by atoms with Crippen LogP contribution in [0.4, 0.5) is 11.4 Å². The maximum absolute atomic E-state index is 8.61. The number of nitrogens with zero attached hydrogens (tertiary/aromatic N) is 2. The summed E-state index contributed by atoms with van der Waals surface area (Å²) < 4.78 is 11.0. The number of anilines is 2. The smallest absolute Gasteiger partial charge is 0.115 e. The number of aromatic nitrogens is 1. The Hall–Kier alpha value is -5.12. The molecule has 0 radical (unpaired) electrons. The molecule has 8 fully saturated rings. The third kappa shape index (κ3) is 4.86. The van der Waals surface area contributed by atoms with Crippen molar-refractivity contribution in [1.82, 2.24) is 4.57 Å². The maximum Gasteiger partial charge on any atom is 0.115 e. The minimum Gasteiger partial charge on any atom is -0.356 e. The number of allylic oxidation sites excluding steroid dienone is 4. The summed E-state index contributed by atoms with van der Waals surface area (Å²) in [6, 6.07) is 45.7. The quantitative estimate of drug-likeness (QED) is 0.162. The van der Waals surface area contributed by atoms with Gasteiger partial charge in [-0.1, -0.05) is 104 Å². The van der Waals surface area contributed by atoms with Crippen molar-refractivity contribution in [2.24, 2.45) is 47.3 Å². The van der Waals surface area contributed by atoms with Gasteiger partial charge in [-0.25, -0.2) is 0 Å². The fraction of sp³-hybridized carbons (Fsp3) is 0.357. The molecule has 0 unspecified atom stereocenters. The van der Waals surface area contributed by atoms with E-state index in [1.165, 1.54) is 125 Å². The summed E-state index contributed by atoms with van der Waals surface area (Å²) in [7, 11) is 0. The molecule has 0 N–H and O–H groups in total. The molecule has 3 heteroatoms. The largest absolute Gasteiger partial charge is 0.356 e. The predicted molar refractivity (Wildman–Crippen MR) is 242 cm³/mol. The van der Waals surface area contributed by atoms with Crippen molar-refractivity contribution < 1.29 is 4.74 Å². The molecule has 15 rings (SSSR count). The summed E-state index contributed by atoms with van der Waals surface area (Å²) in [6.07, 6.45) is 22.2. The standard InChI is InChI=1S/C56H54N2O/c1-2-3-5-21-53-56(43-32-38-27-39(34-43)35-44(56)33-38)59-55(41-28-36-26-37(30-41)31-42(55)29-36)49-17-9-11-19-51(49)58(53)46-24-22-40(23-25-46)47-16-12-20-52-54(47)48-15-8-10-18-50(48)57(52)45-13-6-4-7-14-45/h2-25,36-39,41-44H,1,26-35H2/b5-3-,53-21+. The first-order valence-corrected chi connectivity index (χ1v) is 22.9. The third-order valence-corrected chi connectivity index (χ3v) is 16.9. The molecule has 2 heterocycles. The first-order chi connectivity index (χ1) is 29.1. The molecule has 5 aromatic carbocycles. The molecule has 1 aromatic heterocycles. The van der Waals surface area contributed by atoms with Gasteiger partial charge in [0.25, 0.3) is 0 Å². The van der Waals surface area contributed by atoms with Gasteiger partial charge in [-0.15, -0.1) is 0 Å². The third-order valence-electron chi connectivity index (χ3n) is 16.9. The second-order valence-corrected chi connectivity index (χ2v) is 19.8. The molecule has 0 amide bonds. The van der Waals surface area contributed by atoms with Crippen LogP contribution in [0.2, 0.25) is 0 Å². The average molecular weight is 771 g/mol. The Morgan fingerprint density at radius 3 is 1.80 bits per heavy atom. The van der Waals surface area contributed by atoms with Crippen LogP contribution in [0.3, 0.4) is 0 Å². The summed E-state index contributed by atoms with van der Waals surface area (Å²) in [4.78, 5) is 2.70. The van der Waals surface area contributed by atoms with Gasteiger partial charge in [0.1, 0.15) is 11.2 Å². The van der Waals surface area contributed by atoms with Crippen molar-refractivity contribution in [3.8, 4) is 16.8 Å². The Morgan fingerprint density at radius 1 is 0.525 bits per heavy atom. The van der Waals surface area contributed by atoms with E-state index >= 15 is 0 Å². The van der Waals surface area contributed by atoms with E-state index in [0.29, 0.717) is 23.7 Å². The van der Waals surface area contributed by atoms with Crippen LogP contribution in [0.5, 0.6) is 0 Å². The van der Waals surface area contributed by atoms with Gasteiger partial charge in [-0.05, 0) is 171 Å². The number of fused-ring (bicyclic) bond motifs is 4. The minimum absolute atomic E-state index is 0.252. The molecule has 294 valence electrons. The van der Waals surface area contributed by atoms with E-state index in [1.807, 2.05) is 6.08 Å². The maximum atomic E-state index is 8.61. The second kappa shape index (κ2) is 12.9. The number of para-hydroxylation sites is 3. The summed E-state index contributed by atoms with van der Waals surface area (Å²) in [6.45, 7) is 4.11. The molecule has 59 heavy (non-hydrogen) atoms. The van der Waals surface area contributed by atoms with Gasteiger partial charge < -0.3 is 14.2 Å². The lowest BCUT2D eigenvalue weighted by molar-refractivity contribution is -0.302. The van der Waals surface area contributed by atoms with Crippen molar-refractivity contribution in [1.29, 1.82) is 0 Å². The minimum atomic E-state index is -0.336. The Bertz CT molecular complexity index is 2640. The molecule has 8 bridgehead atoms. The van der Waals surface area contributed by atoms with Crippen molar-refractivity contribution in [2.45, 2.75) is 75.4 Å².